The highest BCUT2D eigenvalue weighted by Gasteiger charge is 2.10. The van der Waals surface area contributed by atoms with E-state index in [1.165, 1.54) is 5.56 Å². The third-order valence-corrected chi connectivity index (χ3v) is 3.60. The molecule has 0 aliphatic heterocycles. The van der Waals surface area contributed by atoms with E-state index in [1.54, 1.807) is 0 Å². The molecule has 0 saturated carbocycles. The number of para-hydroxylation sites is 2. The van der Waals surface area contributed by atoms with Crippen molar-refractivity contribution >= 4 is 11.0 Å². The van der Waals surface area contributed by atoms with Crippen molar-refractivity contribution in [1.29, 1.82) is 0 Å². The summed E-state index contributed by atoms with van der Waals surface area (Å²) in [6, 6.07) is 10.7. The van der Waals surface area contributed by atoms with Crippen LogP contribution in [0.1, 0.15) is 30.9 Å². The lowest BCUT2D eigenvalue weighted by Gasteiger charge is -2.06. The van der Waals surface area contributed by atoms with Gasteiger partial charge in [0, 0.05) is 6.04 Å². The van der Waals surface area contributed by atoms with Gasteiger partial charge in [-0.25, -0.2) is 4.98 Å². The molecule has 3 aromatic rings. The van der Waals surface area contributed by atoms with Crippen molar-refractivity contribution in [2.75, 3.05) is 0 Å². The quantitative estimate of drug-likeness (QED) is 0.779. The normalized spacial score (nSPS) is 11.6. The van der Waals surface area contributed by atoms with E-state index in [0.717, 1.165) is 29.1 Å². The number of furan rings is 1. The number of hydrogen-bond donors (Lipinski definition) is 1. The molecule has 0 spiro atoms. The van der Waals surface area contributed by atoms with Crippen molar-refractivity contribution in [2.45, 2.75) is 39.9 Å². The maximum Gasteiger partial charge on any atom is 0.124 e. The van der Waals surface area contributed by atoms with Crippen molar-refractivity contribution < 1.29 is 4.42 Å². The van der Waals surface area contributed by atoms with Crippen molar-refractivity contribution in [2.24, 2.45) is 0 Å². The third kappa shape index (κ3) is 3.00. The molecule has 4 nitrogen and oxygen atoms in total. The van der Waals surface area contributed by atoms with E-state index < -0.39 is 0 Å². The standard InChI is InChI=1S/C17H21N3O/c1-12(2)18-9-17-13(3)8-14(21-17)10-20-11-19-15-6-4-5-7-16(15)20/h4-8,11-12,18H,9-10H2,1-3H3. The number of nitrogens with one attached hydrogen (secondary N) is 1. The molecule has 4 heteroatoms. The van der Waals surface area contributed by atoms with Gasteiger partial charge in [0.15, 0.2) is 0 Å². The zero-order chi connectivity index (χ0) is 14.8. The number of nitrogens with zero attached hydrogens (tertiary/aromatic N) is 2. The first-order chi connectivity index (χ1) is 10.1. The van der Waals surface area contributed by atoms with Gasteiger partial charge in [0.25, 0.3) is 0 Å². The average Bonchev–Trinajstić information content (AvgIpc) is 3.01. The summed E-state index contributed by atoms with van der Waals surface area (Å²) >= 11 is 0. The highest BCUT2D eigenvalue weighted by molar-refractivity contribution is 5.74. The second-order valence-corrected chi connectivity index (χ2v) is 5.72. The smallest absolute Gasteiger partial charge is 0.124 e. The summed E-state index contributed by atoms with van der Waals surface area (Å²) in [7, 11) is 0. The fourth-order valence-electron chi connectivity index (χ4n) is 2.44. The first-order valence-corrected chi connectivity index (χ1v) is 7.35. The lowest BCUT2D eigenvalue weighted by atomic mass is 10.2. The predicted octanol–water partition coefficient (Wildman–Crippen LogP) is 3.48. The van der Waals surface area contributed by atoms with Crippen molar-refractivity contribution in [3.05, 3.63) is 53.7 Å². The van der Waals surface area contributed by atoms with Gasteiger partial charge in [-0.15, -0.1) is 0 Å². The van der Waals surface area contributed by atoms with Gasteiger partial charge in [-0.1, -0.05) is 26.0 Å². The number of benzene rings is 1. The summed E-state index contributed by atoms with van der Waals surface area (Å²) in [5.41, 5.74) is 3.35. The van der Waals surface area contributed by atoms with Crippen LogP contribution in [-0.2, 0) is 13.1 Å². The second kappa shape index (κ2) is 5.74. The number of fused-ring (bicyclic) bond motifs is 1. The molecule has 0 aliphatic rings. The lowest BCUT2D eigenvalue weighted by molar-refractivity contribution is 0.427. The summed E-state index contributed by atoms with van der Waals surface area (Å²) in [6.07, 6.45) is 1.87. The molecule has 0 aliphatic carbocycles. The van der Waals surface area contributed by atoms with E-state index in [1.807, 2.05) is 24.5 Å². The van der Waals surface area contributed by atoms with Gasteiger partial charge < -0.3 is 14.3 Å². The van der Waals surface area contributed by atoms with Crippen molar-refractivity contribution in [3.63, 3.8) is 0 Å². The van der Waals surface area contributed by atoms with Gasteiger partial charge in [-0.2, -0.15) is 0 Å². The molecule has 21 heavy (non-hydrogen) atoms. The highest BCUT2D eigenvalue weighted by atomic mass is 16.3. The van der Waals surface area contributed by atoms with Gasteiger partial charge in [0.2, 0.25) is 0 Å². The summed E-state index contributed by atoms with van der Waals surface area (Å²) in [5, 5.41) is 3.39. The number of hydrogen-bond acceptors (Lipinski definition) is 3. The van der Waals surface area contributed by atoms with Gasteiger partial charge in [-0.05, 0) is 30.7 Å². The monoisotopic (exact) mass is 283 g/mol. The summed E-state index contributed by atoms with van der Waals surface area (Å²) < 4.78 is 8.09. The van der Waals surface area contributed by atoms with Crippen LogP contribution in [0, 0.1) is 6.92 Å². The van der Waals surface area contributed by atoms with Crippen LogP contribution in [0.2, 0.25) is 0 Å². The highest BCUT2D eigenvalue weighted by Crippen LogP contribution is 2.18. The molecule has 2 aromatic heterocycles. The van der Waals surface area contributed by atoms with Crippen LogP contribution < -0.4 is 5.32 Å². The molecule has 0 saturated heterocycles. The van der Waals surface area contributed by atoms with Crippen LogP contribution in [0.25, 0.3) is 11.0 Å². The first-order valence-electron chi connectivity index (χ1n) is 7.35. The van der Waals surface area contributed by atoms with Gasteiger partial charge in [-0.3, -0.25) is 0 Å². The molecule has 0 unspecified atom stereocenters. The summed E-state index contributed by atoms with van der Waals surface area (Å²) in [6.45, 7) is 7.85. The van der Waals surface area contributed by atoms with E-state index in [4.69, 9.17) is 4.42 Å². The van der Waals surface area contributed by atoms with E-state index >= 15 is 0 Å². The van der Waals surface area contributed by atoms with Crippen LogP contribution in [0.5, 0.6) is 0 Å². The van der Waals surface area contributed by atoms with Crippen LogP contribution >= 0.6 is 0 Å². The van der Waals surface area contributed by atoms with Gasteiger partial charge in [0.05, 0.1) is 30.5 Å². The third-order valence-electron chi connectivity index (χ3n) is 3.60. The number of rotatable bonds is 5. The molecular weight excluding hydrogens is 262 g/mol. The Balaban J connectivity index is 1.80. The largest absolute Gasteiger partial charge is 0.463 e. The number of aryl methyl sites for hydroxylation is 1. The van der Waals surface area contributed by atoms with E-state index in [0.29, 0.717) is 12.6 Å². The van der Waals surface area contributed by atoms with Crippen molar-refractivity contribution in [1.82, 2.24) is 14.9 Å². The Bertz CT molecular complexity index is 739. The molecule has 0 radical (unpaired) electrons. The summed E-state index contributed by atoms with van der Waals surface area (Å²) in [5.74, 6) is 1.99. The SMILES string of the molecule is Cc1cc(Cn2cnc3ccccc32)oc1CNC(C)C. The zero-order valence-corrected chi connectivity index (χ0v) is 12.8. The molecule has 0 atom stereocenters. The molecule has 1 aromatic carbocycles. The van der Waals surface area contributed by atoms with E-state index in [2.05, 4.69) is 47.8 Å². The van der Waals surface area contributed by atoms with E-state index in [9.17, 15) is 0 Å². The number of imidazole rings is 1. The number of aromatic nitrogens is 2. The summed E-state index contributed by atoms with van der Waals surface area (Å²) in [4.78, 5) is 4.41. The van der Waals surface area contributed by atoms with Gasteiger partial charge >= 0.3 is 0 Å². The Labute approximate surface area is 124 Å². The lowest BCUT2D eigenvalue weighted by Crippen LogP contribution is -2.21. The minimum atomic E-state index is 0.454. The maximum atomic E-state index is 5.98. The fraction of sp³-hybridized carbons (Fsp3) is 0.353. The Morgan fingerprint density at radius 2 is 2.10 bits per heavy atom. The fourth-order valence-corrected chi connectivity index (χ4v) is 2.44. The molecular formula is C17H21N3O. The minimum absolute atomic E-state index is 0.454. The van der Waals surface area contributed by atoms with Crippen LogP contribution in [-0.4, -0.2) is 15.6 Å². The maximum absolute atomic E-state index is 5.98. The van der Waals surface area contributed by atoms with E-state index in [-0.39, 0.29) is 0 Å². The Kier molecular flexibility index (Phi) is 3.80. The average molecular weight is 283 g/mol. The van der Waals surface area contributed by atoms with Crippen LogP contribution in [0.15, 0.2) is 41.1 Å². The molecule has 110 valence electrons. The molecule has 3 rings (SSSR count). The van der Waals surface area contributed by atoms with Crippen molar-refractivity contribution in [3.8, 4) is 0 Å². The molecule has 2 heterocycles. The zero-order valence-electron chi connectivity index (χ0n) is 12.8. The van der Waals surface area contributed by atoms with Crippen LogP contribution in [0.3, 0.4) is 0 Å². The van der Waals surface area contributed by atoms with Gasteiger partial charge in [0.1, 0.15) is 11.5 Å². The Hall–Kier alpha value is -2.07. The Morgan fingerprint density at radius 3 is 2.90 bits per heavy atom. The van der Waals surface area contributed by atoms with Crippen LogP contribution in [0.4, 0.5) is 0 Å². The minimum Gasteiger partial charge on any atom is -0.463 e. The molecule has 0 fully saturated rings. The second-order valence-electron chi connectivity index (χ2n) is 5.72. The topological polar surface area (TPSA) is 43.0 Å². The molecule has 1 N–H and O–H groups in total. The Morgan fingerprint density at radius 1 is 1.29 bits per heavy atom. The molecule has 0 bridgehead atoms. The predicted molar refractivity (Wildman–Crippen MR) is 84.3 cm³/mol. The molecule has 0 amide bonds. The first kappa shape index (κ1) is 13.9.